The molecule has 8 nitrogen and oxygen atoms in total. The van der Waals surface area contributed by atoms with Crippen molar-refractivity contribution in [3.63, 3.8) is 0 Å². The third kappa shape index (κ3) is 3.81. The van der Waals surface area contributed by atoms with E-state index in [0.717, 1.165) is 21.8 Å². The quantitative estimate of drug-likeness (QED) is 0.503. The number of nitrogens with zero attached hydrogens (tertiary/aromatic N) is 5. The van der Waals surface area contributed by atoms with Crippen molar-refractivity contribution in [2.24, 2.45) is 0 Å². The molecular weight excluding hydrogens is 388 g/mol. The van der Waals surface area contributed by atoms with Crippen molar-refractivity contribution in [2.75, 3.05) is 6.54 Å². The fraction of sp³-hybridized carbons (Fsp3) is 0.250. The monoisotopic (exact) mass is 408 g/mol. The first-order valence-electron chi connectivity index (χ1n) is 9.28. The van der Waals surface area contributed by atoms with E-state index in [1.54, 1.807) is 43.0 Å². The highest BCUT2D eigenvalue weighted by Gasteiger charge is 2.20. The largest absolute Gasteiger partial charge is 0.360 e. The number of hydrogen-bond acceptors (Lipinski definition) is 7. The summed E-state index contributed by atoms with van der Waals surface area (Å²) < 4.78 is 7.10. The predicted molar refractivity (Wildman–Crippen MR) is 110 cm³/mol. The van der Waals surface area contributed by atoms with E-state index in [4.69, 9.17) is 4.52 Å². The lowest BCUT2D eigenvalue weighted by molar-refractivity contribution is 0.0949. The summed E-state index contributed by atoms with van der Waals surface area (Å²) in [5.74, 6) is 0.419. The van der Waals surface area contributed by atoms with E-state index >= 15 is 0 Å². The molecule has 0 bridgehead atoms. The number of carbonyl (C=O) groups excluding carboxylic acids is 1. The van der Waals surface area contributed by atoms with Crippen LogP contribution in [-0.4, -0.2) is 37.4 Å². The van der Waals surface area contributed by atoms with E-state index in [1.165, 1.54) is 0 Å². The molecule has 0 aliphatic carbocycles. The van der Waals surface area contributed by atoms with Crippen molar-refractivity contribution in [1.82, 2.24) is 30.2 Å². The zero-order valence-corrected chi connectivity index (χ0v) is 16.9. The molecule has 1 amide bonds. The van der Waals surface area contributed by atoms with Gasteiger partial charge in [0, 0.05) is 30.9 Å². The summed E-state index contributed by atoms with van der Waals surface area (Å²) >= 11 is 1.63. The number of hydrogen-bond donors (Lipinski definition) is 1. The Balaban J connectivity index is 1.54. The van der Waals surface area contributed by atoms with E-state index in [1.807, 2.05) is 29.1 Å². The Bertz CT molecular complexity index is 1100. The first kappa shape index (κ1) is 19.0. The molecule has 0 unspecified atom stereocenters. The zero-order valence-electron chi connectivity index (χ0n) is 16.1. The number of aromatic nitrogens is 5. The molecule has 0 aliphatic heterocycles. The van der Waals surface area contributed by atoms with E-state index in [2.05, 4.69) is 25.5 Å². The van der Waals surface area contributed by atoms with Gasteiger partial charge in [-0.3, -0.25) is 19.4 Å². The summed E-state index contributed by atoms with van der Waals surface area (Å²) in [7, 11) is 0. The summed E-state index contributed by atoms with van der Waals surface area (Å²) in [5.41, 5.74) is 3.76. The second kappa shape index (κ2) is 8.36. The van der Waals surface area contributed by atoms with Crippen molar-refractivity contribution in [1.29, 1.82) is 0 Å². The van der Waals surface area contributed by atoms with Crippen LogP contribution in [0.5, 0.6) is 0 Å². The van der Waals surface area contributed by atoms with Crippen LogP contribution in [0.3, 0.4) is 0 Å². The molecule has 0 aromatic carbocycles. The van der Waals surface area contributed by atoms with Crippen LogP contribution in [0, 0.1) is 6.92 Å². The zero-order chi connectivity index (χ0) is 20.2. The van der Waals surface area contributed by atoms with Gasteiger partial charge in [-0.05, 0) is 18.4 Å². The molecule has 0 fully saturated rings. The molecular formula is C20H20N6O2S. The summed E-state index contributed by atoms with van der Waals surface area (Å²) in [6.45, 7) is 4.65. The van der Waals surface area contributed by atoms with Gasteiger partial charge in [-0.15, -0.1) is 11.3 Å². The molecule has 0 radical (unpaired) electrons. The third-order valence-corrected chi connectivity index (χ3v) is 5.40. The van der Waals surface area contributed by atoms with Crippen molar-refractivity contribution in [3.8, 4) is 21.8 Å². The summed E-state index contributed by atoms with van der Waals surface area (Å²) in [6.07, 6.45) is 7.44. The Labute approximate surface area is 171 Å². The van der Waals surface area contributed by atoms with Crippen LogP contribution in [0.15, 0.2) is 46.8 Å². The standard InChI is InChI=1S/C20H20N6O2S/c1-3-16-18(13(2)25-28-16)20(27)23-8-9-26-19(17-5-4-10-29-17)14(11-24-26)15-12-21-6-7-22-15/h4-7,10-12H,3,8-9H2,1-2H3,(H,23,27). The van der Waals surface area contributed by atoms with E-state index in [-0.39, 0.29) is 5.91 Å². The molecule has 4 aromatic heterocycles. The minimum Gasteiger partial charge on any atom is -0.360 e. The fourth-order valence-electron chi connectivity index (χ4n) is 3.17. The van der Waals surface area contributed by atoms with E-state index in [9.17, 15) is 4.79 Å². The second-order valence-electron chi connectivity index (χ2n) is 6.37. The average Bonchev–Trinajstić information content (AvgIpc) is 3.47. The van der Waals surface area contributed by atoms with Gasteiger partial charge < -0.3 is 9.84 Å². The molecule has 0 spiro atoms. The molecule has 1 N–H and O–H groups in total. The number of nitrogens with one attached hydrogen (secondary N) is 1. The fourth-order valence-corrected chi connectivity index (χ4v) is 3.95. The van der Waals surface area contributed by atoms with Crippen molar-refractivity contribution >= 4 is 17.2 Å². The maximum Gasteiger partial charge on any atom is 0.256 e. The first-order chi connectivity index (χ1) is 14.2. The maximum atomic E-state index is 12.6. The molecule has 9 heteroatoms. The Morgan fingerprint density at radius 1 is 1.31 bits per heavy atom. The van der Waals surface area contributed by atoms with Gasteiger partial charge in [0.1, 0.15) is 11.3 Å². The van der Waals surface area contributed by atoms with Crippen LogP contribution in [0.2, 0.25) is 0 Å². The van der Waals surface area contributed by atoms with E-state index in [0.29, 0.717) is 36.5 Å². The minimum atomic E-state index is -0.181. The van der Waals surface area contributed by atoms with Gasteiger partial charge in [-0.2, -0.15) is 5.10 Å². The number of rotatable bonds is 7. The SMILES string of the molecule is CCc1onc(C)c1C(=O)NCCn1ncc(-c2cnccn2)c1-c1cccs1. The number of thiophene rings is 1. The topological polar surface area (TPSA) is 98.7 Å². The number of carbonyl (C=O) groups is 1. The van der Waals surface area contributed by atoms with Crippen LogP contribution in [0.4, 0.5) is 0 Å². The lowest BCUT2D eigenvalue weighted by atomic mass is 10.1. The molecule has 0 saturated carbocycles. The molecule has 0 aliphatic rings. The predicted octanol–water partition coefficient (Wildman–Crippen LogP) is 3.36. The Morgan fingerprint density at radius 2 is 2.21 bits per heavy atom. The molecule has 4 heterocycles. The Kier molecular flexibility index (Phi) is 5.48. The van der Waals surface area contributed by atoms with Crippen LogP contribution in [-0.2, 0) is 13.0 Å². The highest BCUT2D eigenvalue weighted by Crippen LogP contribution is 2.33. The van der Waals surface area contributed by atoms with Gasteiger partial charge in [0.05, 0.1) is 40.9 Å². The maximum absolute atomic E-state index is 12.6. The molecule has 29 heavy (non-hydrogen) atoms. The minimum absolute atomic E-state index is 0.181. The van der Waals surface area contributed by atoms with Crippen LogP contribution < -0.4 is 5.32 Å². The Morgan fingerprint density at radius 3 is 2.93 bits per heavy atom. The molecule has 148 valence electrons. The number of amides is 1. The molecule has 4 rings (SSSR count). The summed E-state index contributed by atoms with van der Waals surface area (Å²) in [6, 6.07) is 4.05. The molecule has 4 aromatic rings. The third-order valence-electron chi connectivity index (χ3n) is 4.52. The van der Waals surface area contributed by atoms with Crippen LogP contribution in [0.25, 0.3) is 21.8 Å². The van der Waals surface area contributed by atoms with Crippen molar-refractivity contribution in [3.05, 3.63) is 59.3 Å². The van der Waals surface area contributed by atoms with Gasteiger partial charge in [-0.25, -0.2) is 0 Å². The average molecular weight is 408 g/mol. The van der Waals surface area contributed by atoms with Gasteiger partial charge in [0.15, 0.2) is 0 Å². The van der Waals surface area contributed by atoms with Crippen molar-refractivity contribution < 1.29 is 9.32 Å². The second-order valence-corrected chi connectivity index (χ2v) is 7.32. The molecule has 0 atom stereocenters. The highest BCUT2D eigenvalue weighted by atomic mass is 32.1. The summed E-state index contributed by atoms with van der Waals surface area (Å²) in [4.78, 5) is 22.2. The van der Waals surface area contributed by atoms with Gasteiger partial charge in [0.2, 0.25) is 0 Å². The lowest BCUT2D eigenvalue weighted by Crippen LogP contribution is -2.28. The van der Waals surface area contributed by atoms with Crippen LogP contribution in [0.1, 0.15) is 28.7 Å². The normalized spacial score (nSPS) is 11.0. The molecule has 0 saturated heterocycles. The van der Waals surface area contributed by atoms with Gasteiger partial charge in [-0.1, -0.05) is 18.1 Å². The van der Waals surface area contributed by atoms with Gasteiger partial charge >= 0.3 is 0 Å². The first-order valence-corrected chi connectivity index (χ1v) is 10.2. The highest BCUT2D eigenvalue weighted by molar-refractivity contribution is 7.13. The van der Waals surface area contributed by atoms with Crippen LogP contribution >= 0.6 is 11.3 Å². The van der Waals surface area contributed by atoms with Crippen molar-refractivity contribution in [2.45, 2.75) is 26.8 Å². The van der Waals surface area contributed by atoms with Gasteiger partial charge in [0.25, 0.3) is 5.91 Å². The lowest BCUT2D eigenvalue weighted by Gasteiger charge is -2.09. The Hall–Kier alpha value is -3.33. The summed E-state index contributed by atoms with van der Waals surface area (Å²) in [5, 5.41) is 13.4. The van der Waals surface area contributed by atoms with E-state index < -0.39 is 0 Å². The smallest absolute Gasteiger partial charge is 0.256 e. The number of aryl methyl sites for hydroxylation is 2.